The van der Waals surface area contributed by atoms with Crippen LogP contribution in [0.3, 0.4) is 0 Å². The average Bonchev–Trinajstić information content (AvgIpc) is 2.79. The molecular formula is C17H16ClFN2. The lowest BCUT2D eigenvalue weighted by Gasteiger charge is -2.12. The minimum Gasteiger partial charge on any atom is -0.322 e. The molecule has 0 aliphatic heterocycles. The van der Waals surface area contributed by atoms with Gasteiger partial charge in [0.25, 0.3) is 0 Å². The Morgan fingerprint density at radius 2 is 2.00 bits per heavy atom. The van der Waals surface area contributed by atoms with E-state index in [2.05, 4.69) is 28.6 Å². The number of benzene rings is 2. The van der Waals surface area contributed by atoms with Gasteiger partial charge in [-0.3, -0.25) is 0 Å². The second-order valence-electron chi connectivity index (χ2n) is 5.23. The lowest BCUT2D eigenvalue weighted by atomic mass is 10.1. The van der Waals surface area contributed by atoms with Crippen LogP contribution in [0.15, 0.2) is 42.5 Å². The number of rotatable bonds is 3. The molecule has 0 saturated carbocycles. The molecule has 1 heterocycles. The smallest absolute Gasteiger partial charge is 0.128 e. The van der Waals surface area contributed by atoms with Crippen molar-refractivity contribution in [3.8, 4) is 0 Å². The number of hydrogen-bond donors (Lipinski definition) is 0. The summed E-state index contributed by atoms with van der Waals surface area (Å²) >= 11 is 6.25. The molecule has 108 valence electrons. The number of nitrogens with zero attached hydrogens (tertiary/aromatic N) is 2. The Hall–Kier alpha value is -1.87. The lowest BCUT2D eigenvalue weighted by molar-refractivity contribution is 0.629. The summed E-state index contributed by atoms with van der Waals surface area (Å²) in [6.45, 7) is 4.65. The zero-order valence-corrected chi connectivity index (χ0v) is 12.7. The molecule has 0 spiro atoms. The monoisotopic (exact) mass is 302 g/mol. The van der Waals surface area contributed by atoms with Crippen molar-refractivity contribution in [2.75, 3.05) is 0 Å². The molecule has 0 saturated heterocycles. The van der Waals surface area contributed by atoms with Gasteiger partial charge in [-0.15, -0.1) is 11.6 Å². The first-order valence-corrected chi connectivity index (χ1v) is 7.34. The maximum atomic E-state index is 13.4. The molecule has 3 rings (SSSR count). The van der Waals surface area contributed by atoms with Crippen molar-refractivity contribution in [3.05, 3.63) is 65.2 Å². The van der Waals surface area contributed by atoms with E-state index in [1.807, 2.05) is 19.1 Å². The van der Waals surface area contributed by atoms with Crippen molar-refractivity contribution in [1.29, 1.82) is 0 Å². The van der Waals surface area contributed by atoms with Crippen LogP contribution >= 0.6 is 11.6 Å². The molecule has 0 N–H and O–H groups in total. The zero-order valence-electron chi connectivity index (χ0n) is 12.0. The van der Waals surface area contributed by atoms with Gasteiger partial charge in [0.2, 0.25) is 0 Å². The Morgan fingerprint density at radius 3 is 2.71 bits per heavy atom. The highest BCUT2D eigenvalue weighted by molar-refractivity contribution is 6.20. The predicted molar refractivity (Wildman–Crippen MR) is 84.2 cm³/mol. The fourth-order valence-electron chi connectivity index (χ4n) is 2.55. The third-order valence-electron chi connectivity index (χ3n) is 3.69. The number of aryl methyl sites for hydroxylation is 1. The summed E-state index contributed by atoms with van der Waals surface area (Å²) in [6.07, 6.45) is 0. The van der Waals surface area contributed by atoms with Crippen LogP contribution in [-0.4, -0.2) is 9.55 Å². The molecule has 0 amide bonds. The topological polar surface area (TPSA) is 17.8 Å². The summed E-state index contributed by atoms with van der Waals surface area (Å²) < 4.78 is 15.5. The summed E-state index contributed by atoms with van der Waals surface area (Å²) in [5.41, 5.74) is 3.97. The minimum absolute atomic E-state index is 0.232. The van der Waals surface area contributed by atoms with E-state index in [4.69, 9.17) is 11.6 Å². The third kappa shape index (κ3) is 2.66. The molecule has 0 aliphatic rings. The summed E-state index contributed by atoms with van der Waals surface area (Å²) in [4.78, 5) is 4.49. The largest absolute Gasteiger partial charge is 0.322 e. The number of aromatic nitrogens is 2. The summed E-state index contributed by atoms with van der Waals surface area (Å²) in [7, 11) is 0. The van der Waals surface area contributed by atoms with Gasteiger partial charge >= 0.3 is 0 Å². The second-order valence-corrected chi connectivity index (χ2v) is 5.89. The molecule has 3 aromatic rings. The number of fused-ring (bicyclic) bond motifs is 1. The van der Waals surface area contributed by atoms with E-state index in [-0.39, 0.29) is 11.2 Å². The van der Waals surface area contributed by atoms with Crippen LogP contribution < -0.4 is 0 Å². The Labute approximate surface area is 128 Å². The van der Waals surface area contributed by atoms with Gasteiger partial charge < -0.3 is 4.57 Å². The van der Waals surface area contributed by atoms with Crippen LogP contribution in [0.4, 0.5) is 4.39 Å². The maximum absolute atomic E-state index is 13.4. The van der Waals surface area contributed by atoms with Gasteiger partial charge in [-0.25, -0.2) is 9.37 Å². The quantitative estimate of drug-likeness (QED) is 0.634. The summed E-state index contributed by atoms with van der Waals surface area (Å²) in [5, 5.41) is -0.232. The highest BCUT2D eigenvalue weighted by Gasteiger charge is 2.16. The SMILES string of the molecule is Cc1ccccc1Cn1c(C(C)Cl)nc2cc(F)ccc21. The van der Waals surface area contributed by atoms with Crippen molar-refractivity contribution in [2.45, 2.75) is 25.8 Å². The van der Waals surface area contributed by atoms with Crippen LogP contribution in [0.2, 0.25) is 0 Å². The second kappa shape index (κ2) is 5.49. The first kappa shape index (κ1) is 14.1. The predicted octanol–water partition coefficient (Wildman–Crippen LogP) is 4.83. The highest BCUT2D eigenvalue weighted by atomic mass is 35.5. The maximum Gasteiger partial charge on any atom is 0.128 e. The molecule has 1 atom stereocenters. The lowest BCUT2D eigenvalue weighted by Crippen LogP contribution is -2.06. The van der Waals surface area contributed by atoms with Crippen molar-refractivity contribution in [1.82, 2.24) is 9.55 Å². The Balaban J connectivity index is 2.16. The number of hydrogen-bond acceptors (Lipinski definition) is 1. The third-order valence-corrected chi connectivity index (χ3v) is 3.88. The van der Waals surface area contributed by atoms with E-state index in [0.29, 0.717) is 12.1 Å². The van der Waals surface area contributed by atoms with Gasteiger partial charge in [0.15, 0.2) is 0 Å². The molecule has 0 radical (unpaired) electrons. The Bertz CT molecular complexity index is 793. The Kier molecular flexibility index (Phi) is 3.68. The van der Waals surface area contributed by atoms with E-state index in [1.54, 1.807) is 6.07 Å². The van der Waals surface area contributed by atoms with E-state index in [9.17, 15) is 4.39 Å². The van der Waals surface area contributed by atoms with Crippen molar-refractivity contribution in [3.63, 3.8) is 0 Å². The normalized spacial score (nSPS) is 12.8. The summed E-state index contributed by atoms with van der Waals surface area (Å²) in [5.74, 6) is 0.484. The molecule has 1 unspecified atom stereocenters. The van der Waals surface area contributed by atoms with Gasteiger partial charge in [-0.1, -0.05) is 24.3 Å². The van der Waals surface area contributed by atoms with E-state index in [1.165, 1.54) is 23.3 Å². The number of imidazole rings is 1. The molecular weight excluding hydrogens is 287 g/mol. The van der Waals surface area contributed by atoms with Gasteiger partial charge in [0.05, 0.1) is 16.4 Å². The van der Waals surface area contributed by atoms with Crippen molar-refractivity contribution in [2.24, 2.45) is 0 Å². The van der Waals surface area contributed by atoms with Crippen LogP contribution in [0, 0.1) is 12.7 Å². The Morgan fingerprint density at radius 1 is 1.24 bits per heavy atom. The van der Waals surface area contributed by atoms with Gasteiger partial charge in [0.1, 0.15) is 11.6 Å². The molecule has 0 bridgehead atoms. The minimum atomic E-state index is -0.281. The summed E-state index contributed by atoms with van der Waals surface area (Å²) in [6, 6.07) is 12.9. The zero-order chi connectivity index (χ0) is 15.0. The molecule has 0 aliphatic carbocycles. The first-order valence-electron chi connectivity index (χ1n) is 6.90. The molecule has 1 aromatic heterocycles. The van der Waals surface area contributed by atoms with Crippen molar-refractivity contribution >= 4 is 22.6 Å². The van der Waals surface area contributed by atoms with Gasteiger partial charge in [-0.2, -0.15) is 0 Å². The molecule has 0 fully saturated rings. The van der Waals surface area contributed by atoms with Crippen LogP contribution in [-0.2, 0) is 6.54 Å². The molecule has 4 heteroatoms. The van der Waals surface area contributed by atoms with E-state index < -0.39 is 0 Å². The molecule has 2 nitrogen and oxygen atoms in total. The molecule has 21 heavy (non-hydrogen) atoms. The van der Waals surface area contributed by atoms with Gasteiger partial charge in [-0.05, 0) is 37.1 Å². The standard InChI is InChI=1S/C17H16ClFN2/c1-11-5-3-4-6-13(11)10-21-16-8-7-14(19)9-15(16)20-17(21)12(2)18/h3-9,12H,10H2,1-2H3. The molecule has 2 aromatic carbocycles. The average molecular weight is 303 g/mol. The van der Waals surface area contributed by atoms with Crippen molar-refractivity contribution < 1.29 is 4.39 Å². The first-order chi connectivity index (χ1) is 10.1. The van der Waals surface area contributed by atoms with E-state index >= 15 is 0 Å². The van der Waals surface area contributed by atoms with Crippen LogP contribution in [0.25, 0.3) is 11.0 Å². The highest BCUT2D eigenvalue weighted by Crippen LogP contribution is 2.26. The number of alkyl halides is 1. The number of halogens is 2. The van der Waals surface area contributed by atoms with E-state index in [0.717, 1.165) is 11.3 Å². The fraction of sp³-hybridized carbons (Fsp3) is 0.235. The van der Waals surface area contributed by atoms with Crippen LogP contribution in [0.5, 0.6) is 0 Å². The van der Waals surface area contributed by atoms with Crippen LogP contribution in [0.1, 0.15) is 29.3 Å². The fourth-order valence-corrected chi connectivity index (χ4v) is 2.72. The van der Waals surface area contributed by atoms with Gasteiger partial charge in [0, 0.05) is 12.6 Å².